The molecule has 0 aliphatic rings. The second kappa shape index (κ2) is 7.00. The molecule has 5 nitrogen and oxygen atoms in total. The Bertz CT molecular complexity index is 852. The number of benzene rings is 2. The Morgan fingerprint density at radius 3 is 2.79 bits per heavy atom. The number of aromatic nitrogens is 2. The third-order valence-corrected chi connectivity index (χ3v) is 3.88. The fourth-order valence-electron chi connectivity index (χ4n) is 2.64. The van der Waals surface area contributed by atoms with E-state index in [-0.39, 0.29) is 5.91 Å². The van der Waals surface area contributed by atoms with Crippen molar-refractivity contribution in [3.63, 3.8) is 0 Å². The van der Waals surface area contributed by atoms with Crippen molar-refractivity contribution in [3.05, 3.63) is 72.4 Å². The summed E-state index contributed by atoms with van der Waals surface area (Å²) in [7, 11) is 1.63. The Hall–Kier alpha value is -3.08. The van der Waals surface area contributed by atoms with Crippen molar-refractivity contribution in [1.29, 1.82) is 0 Å². The quantitative estimate of drug-likeness (QED) is 0.708. The first-order valence-corrected chi connectivity index (χ1v) is 7.68. The zero-order valence-corrected chi connectivity index (χ0v) is 13.5. The van der Waals surface area contributed by atoms with Gasteiger partial charge in [0, 0.05) is 18.5 Å². The summed E-state index contributed by atoms with van der Waals surface area (Å²) in [5, 5.41) is 7.85. The second-order valence-corrected chi connectivity index (χ2v) is 5.46. The number of carbonyl (C=O) groups is 1. The third kappa shape index (κ3) is 3.15. The summed E-state index contributed by atoms with van der Waals surface area (Å²) in [6.07, 6.45) is 3.45. The van der Waals surface area contributed by atoms with E-state index in [0.717, 1.165) is 22.2 Å². The highest BCUT2D eigenvalue weighted by Gasteiger charge is 2.18. The molecular formula is C19H19N3O2. The summed E-state index contributed by atoms with van der Waals surface area (Å²) in [5.41, 5.74) is 2.40. The van der Waals surface area contributed by atoms with Gasteiger partial charge in [0.05, 0.1) is 24.4 Å². The number of methoxy groups -OCH3 is 1. The smallest absolute Gasteiger partial charge is 0.256 e. The van der Waals surface area contributed by atoms with E-state index in [0.29, 0.717) is 18.7 Å². The van der Waals surface area contributed by atoms with Crippen LogP contribution in [-0.2, 0) is 6.54 Å². The molecule has 1 aromatic heterocycles. The lowest BCUT2D eigenvalue weighted by molar-refractivity contribution is 0.0764. The molecule has 24 heavy (non-hydrogen) atoms. The van der Waals surface area contributed by atoms with Crippen molar-refractivity contribution in [2.24, 2.45) is 0 Å². The number of nitrogens with one attached hydrogen (secondary N) is 1. The van der Waals surface area contributed by atoms with Gasteiger partial charge < -0.3 is 9.64 Å². The van der Waals surface area contributed by atoms with Crippen LogP contribution in [0, 0.1) is 0 Å². The number of H-pyrrole nitrogens is 1. The molecule has 5 heteroatoms. The number of fused-ring (bicyclic) bond motifs is 1. The minimum Gasteiger partial charge on any atom is -0.497 e. The number of rotatable bonds is 6. The first-order valence-electron chi connectivity index (χ1n) is 7.68. The van der Waals surface area contributed by atoms with E-state index in [2.05, 4.69) is 16.8 Å². The van der Waals surface area contributed by atoms with Crippen LogP contribution in [0.3, 0.4) is 0 Å². The first-order chi connectivity index (χ1) is 11.7. The van der Waals surface area contributed by atoms with Crippen LogP contribution < -0.4 is 4.74 Å². The van der Waals surface area contributed by atoms with Gasteiger partial charge in [0.2, 0.25) is 0 Å². The minimum atomic E-state index is -0.0550. The highest BCUT2D eigenvalue weighted by Crippen LogP contribution is 2.19. The lowest BCUT2D eigenvalue weighted by atomic mass is 10.1. The Kier molecular flexibility index (Phi) is 4.61. The van der Waals surface area contributed by atoms with Gasteiger partial charge in [-0.3, -0.25) is 9.89 Å². The zero-order chi connectivity index (χ0) is 16.9. The fraction of sp³-hybridized carbons (Fsp3) is 0.158. The molecule has 0 atom stereocenters. The minimum absolute atomic E-state index is 0.0550. The maximum atomic E-state index is 13.0. The summed E-state index contributed by atoms with van der Waals surface area (Å²) >= 11 is 0. The maximum absolute atomic E-state index is 13.0. The van der Waals surface area contributed by atoms with E-state index >= 15 is 0 Å². The Morgan fingerprint density at radius 2 is 2.08 bits per heavy atom. The molecule has 3 aromatic rings. The molecule has 0 aliphatic carbocycles. The Labute approximate surface area is 140 Å². The first kappa shape index (κ1) is 15.8. The standard InChI is InChI=1S/C19H19N3O2/c1-3-11-22(13-14-7-9-16(24-2)10-8-14)19(23)17-6-4-5-15-12-20-21-18(15)17/h3-10,12H,1,11,13H2,2H3,(H,20,21). The van der Waals surface area contributed by atoms with Crippen molar-refractivity contribution in [3.8, 4) is 5.75 Å². The highest BCUT2D eigenvalue weighted by atomic mass is 16.5. The van der Waals surface area contributed by atoms with Crippen LogP contribution in [-0.4, -0.2) is 34.7 Å². The van der Waals surface area contributed by atoms with Crippen LogP contribution in [0.1, 0.15) is 15.9 Å². The van der Waals surface area contributed by atoms with Crippen LogP contribution in [0.2, 0.25) is 0 Å². The number of carbonyl (C=O) groups excluding carboxylic acids is 1. The summed E-state index contributed by atoms with van der Waals surface area (Å²) < 4.78 is 5.17. The molecule has 0 saturated heterocycles. The van der Waals surface area contributed by atoms with Crippen LogP contribution in [0.15, 0.2) is 61.3 Å². The molecule has 122 valence electrons. The van der Waals surface area contributed by atoms with Gasteiger partial charge >= 0.3 is 0 Å². The monoisotopic (exact) mass is 321 g/mol. The van der Waals surface area contributed by atoms with Gasteiger partial charge in [-0.15, -0.1) is 6.58 Å². The van der Waals surface area contributed by atoms with Crippen LogP contribution in [0.5, 0.6) is 5.75 Å². The molecule has 0 fully saturated rings. The zero-order valence-electron chi connectivity index (χ0n) is 13.5. The van der Waals surface area contributed by atoms with Crippen LogP contribution in [0.4, 0.5) is 0 Å². The molecule has 0 saturated carbocycles. The third-order valence-electron chi connectivity index (χ3n) is 3.88. The molecule has 0 spiro atoms. The van der Waals surface area contributed by atoms with E-state index in [1.165, 1.54) is 0 Å². The second-order valence-electron chi connectivity index (χ2n) is 5.46. The van der Waals surface area contributed by atoms with Crippen LogP contribution in [0.25, 0.3) is 10.9 Å². The number of nitrogens with zero attached hydrogens (tertiary/aromatic N) is 2. The van der Waals surface area contributed by atoms with Gasteiger partial charge in [-0.1, -0.05) is 30.3 Å². The number of amides is 1. The van der Waals surface area contributed by atoms with Crippen molar-refractivity contribution in [1.82, 2.24) is 15.1 Å². The lowest BCUT2D eigenvalue weighted by Crippen LogP contribution is -2.30. The molecule has 0 radical (unpaired) electrons. The van der Waals surface area contributed by atoms with Crippen molar-refractivity contribution in [2.45, 2.75) is 6.54 Å². The van der Waals surface area contributed by atoms with E-state index < -0.39 is 0 Å². The normalized spacial score (nSPS) is 10.5. The molecule has 0 unspecified atom stereocenters. The van der Waals surface area contributed by atoms with Gasteiger partial charge in [-0.25, -0.2) is 0 Å². The summed E-state index contributed by atoms with van der Waals surface area (Å²) in [6, 6.07) is 13.3. The average Bonchev–Trinajstić information content (AvgIpc) is 3.10. The molecule has 0 aliphatic heterocycles. The van der Waals surface area contributed by atoms with E-state index in [1.54, 1.807) is 24.3 Å². The Morgan fingerprint density at radius 1 is 1.29 bits per heavy atom. The maximum Gasteiger partial charge on any atom is 0.256 e. The number of hydrogen-bond donors (Lipinski definition) is 1. The number of ether oxygens (including phenoxy) is 1. The molecule has 1 heterocycles. The number of para-hydroxylation sites is 1. The molecule has 0 bridgehead atoms. The molecule has 1 N–H and O–H groups in total. The van der Waals surface area contributed by atoms with E-state index in [1.807, 2.05) is 42.5 Å². The van der Waals surface area contributed by atoms with Crippen molar-refractivity contribution < 1.29 is 9.53 Å². The van der Waals surface area contributed by atoms with Gasteiger partial charge in [0.1, 0.15) is 5.75 Å². The van der Waals surface area contributed by atoms with Crippen molar-refractivity contribution >= 4 is 16.8 Å². The topological polar surface area (TPSA) is 58.2 Å². The van der Waals surface area contributed by atoms with Crippen molar-refractivity contribution in [2.75, 3.05) is 13.7 Å². The molecular weight excluding hydrogens is 302 g/mol. The number of hydrogen-bond acceptors (Lipinski definition) is 3. The van der Waals surface area contributed by atoms with Crippen LogP contribution >= 0.6 is 0 Å². The Balaban J connectivity index is 1.87. The van der Waals surface area contributed by atoms with E-state index in [9.17, 15) is 4.79 Å². The summed E-state index contributed by atoms with van der Waals surface area (Å²) in [6.45, 7) is 4.73. The van der Waals surface area contributed by atoms with Gasteiger partial charge in [0.25, 0.3) is 5.91 Å². The molecule has 1 amide bonds. The number of aromatic amines is 1. The molecule has 2 aromatic carbocycles. The molecule has 3 rings (SSSR count). The van der Waals surface area contributed by atoms with E-state index in [4.69, 9.17) is 4.74 Å². The predicted molar refractivity (Wildman–Crippen MR) is 94.0 cm³/mol. The average molecular weight is 321 g/mol. The van der Waals surface area contributed by atoms with Gasteiger partial charge in [-0.05, 0) is 23.8 Å². The predicted octanol–water partition coefficient (Wildman–Crippen LogP) is 3.40. The van der Waals surface area contributed by atoms with Gasteiger partial charge in [0.15, 0.2) is 0 Å². The SMILES string of the molecule is C=CCN(Cc1ccc(OC)cc1)C(=O)c1cccc2cn[nH]c12. The van der Waals surface area contributed by atoms with Gasteiger partial charge in [-0.2, -0.15) is 5.10 Å². The summed E-state index contributed by atoms with van der Waals surface area (Å²) in [4.78, 5) is 14.7. The highest BCUT2D eigenvalue weighted by molar-refractivity contribution is 6.05. The lowest BCUT2D eigenvalue weighted by Gasteiger charge is -2.21. The summed E-state index contributed by atoms with van der Waals surface area (Å²) in [5.74, 6) is 0.739. The fourth-order valence-corrected chi connectivity index (χ4v) is 2.64. The largest absolute Gasteiger partial charge is 0.497 e.